The van der Waals surface area contributed by atoms with Crippen LogP contribution in [-0.2, 0) is 0 Å². The first-order valence-corrected chi connectivity index (χ1v) is 4.75. The Kier molecular flexibility index (Phi) is 3.98. The highest BCUT2D eigenvalue weighted by molar-refractivity contribution is 9.10. The van der Waals surface area contributed by atoms with E-state index in [1.54, 1.807) is 6.07 Å². The summed E-state index contributed by atoms with van der Waals surface area (Å²) in [5.41, 5.74) is 5.80. The van der Waals surface area contributed by atoms with Crippen molar-refractivity contribution in [1.82, 2.24) is 5.32 Å². The van der Waals surface area contributed by atoms with Crippen molar-refractivity contribution in [3.63, 3.8) is 0 Å². The highest BCUT2D eigenvalue weighted by atomic mass is 79.9. The molecule has 0 bridgehead atoms. The van der Waals surface area contributed by atoms with E-state index in [2.05, 4.69) is 21.2 Å². The smallest absolute Gasteiger partial charge is 0.254 e. The maximum absolute atomic E-state index is 11.3. The van der Waals surface area contributed by atoms with Crippen LogP contribution in [0.3, 0.4) is 0 Å². The molecule has 1 heterocycles. The second-order valence-electron chi connectivity index (χ2n) is 2.54. The SMILES string of the molecule is NCCCNC(=O)c1coc(Br)c1. The van der Waals surface area contributed by atoms with Crippen LogP contribution in [0.1, 0.15) is 16.8 Å². The molecule has 1 amide bonds. The molecule has 5 heteroatoms. The normalized spacial score (nSPS) is 10.0. The molecule has 0 fully saturated rings. The van der Waals surface area contributed by atoms with Crippen LogP contribution >= 0.6 is 15.9 Å². The lowest BCUT2D eigenvalue weighted by Gasteiger charge is -2.00. The number of carbonyl (C=O) groups excluding carboxylic acids is 1. The Balaban J connectivity index is 2.40. The van der Waals surface area contributed by atoms with Crippen molar-refractivity contribution in [2.75, 3.05) is 13.1 Å². The Morgan fingerprint density at radius 2 is 2.46 bits per heavy atom. The zero-order valence-corrected chi connectivity index (χ0v) is 8.63. The fraction of sp³-hybridized carbons (Fsp3) is 0.375. The summed E-state index contributed by atoms with van der Waals surface area (Å²) in [6.45, 7) is 1.17. The highest BCUT2D eigenvalue weighted by Gasteiger charge is 2.07. The minimum Gasteiger partial charge on any atom is -0.457 e. The van der Waals surface area contributed by atoms with E-state index in [9.17, 15) is 4.79 Å². The molecule has 4 nitrogen and oxygen atoms in total. The second-order valence-corrected chi connectivity index (χ2v) is 3.32. The van der Waals surface area contributed by atoms with E-state index in [-0.39, 0.29) is 5.91 Å². The van der Waals surface area contributed by atoms with Crippen LogP contribution < -0.4 is 11.1 Å². The standard InChI is InChI=1S/C8H11BrN2O2/c9-7-4-6(5-13-7)8(12)11-3-1-2-10/h4-5H,1-3,10H2,(H,11,12). The first-order valence-electron chi connectivity index (χ1n) is 3.96. The molecule has 1 rings (SSSR count). The molecule has 0 radical (unpaired) electrons. The van der Waals surface area contributed by atoms with E-state index in [0.29, 0.717) is 23.3 Å². The molecule has 0 aliphatic rings. The number of amides is 1. The quantitative estimate of drug-likeness (QED) is 0.783. The number of hydrogen-bond donors (Lipinski definition) is 2. The van der Waals surface area contributed by atoms with Crippen molar-refractivity contribution >= 4 is 21.8 Å². The molecule has 0 atom stereocenters. The summed E-state index contributed by atoms with van der Waals surface area (Å²) in [5.74, 6) is -0.136. The molecule has 13 heavy (non-hydrogen) atoms. The lowest BCUT2D eigenvalue weighted by Crippen LogP contribution is -2.25. The van der Waals surface area contributed by atoms with Gasteiger partial charge in [0.2, 0.25) is 0 Å². The summed E-state index contributed by atoms with van der Waals surface area (Å²) in [6.07, 6.45) is 2.19. The van der Waals surface area contributed by atoms with Gasteiger partial charge in [0.05, 0.1) is 5.56 Å². The molecular weight excluding hydrogens is 236 g/mol. The lowest BCUT2D eigenvalue weighted by molar-refractivity contribution is 0.0953. The number of furan rings is 1. The van der Waals surface area contributed by atoms with Gasteiger partial charge >= 0.3 is 0 Å². The van der Waals surface area contributed by atoms with Crippen LogP contribution in [0.4, 0.5) is 0 Å². The molecule has 0 saturated heterocycles. The molecule has 3 N–H and O–H groups in total. The van der Waals surface area contributed by atoms with Crippen molar-refractivity contribution in [3.05, 3.63) is 22.6 Å². The molecular formula is C8H11BrN2O2. The van der Waals surface area contributed by atoms with Crippen molar-refractivity contribution in [1.29, 1.82) is 0 Å². The maximum atomic E-state index is 11.3. The number of hydrogen-bond acceptors (Lipinski definition) is 3. The van der Waals surface area contributed by atoms with Crippen LogP contribution in [-0.4, -0.2) is 19.0 Å². The van der Waals surface area contributed by atoms with Gasteiger partial charge in [-0.25, -0.2) is 0 Å². The Hall–Kier alpha value is -0.810. The van der Waals surface area contributed by atoms with Crippen LogP contribution in [0, 0.1) is 0 Å². The third-order valence-corrected chi connectivity index (χ3v) is 1.91. The van der Waals surface area contributed by atoms with Gasteiger partial charge in [-0.05, 0) is 28.9 Å². The van der Waals surface area contributed by atoms with E-state index in [4.69, 9.17) is 10.2 Å². The average molecular weight is 247 g/mol. The van der Waals surface area contributed by atoms with Crippen molar-refractivity contribution in [2.24, 2.45) is 5.73 Å². The summed E-state index contributed by atoms with van der Waals surface area (Å²) < 4.78 is 5.48. The van der Waals surface area contributed by atoms with Crippen LogP contribution in [0.15, 0.2) is 21.4 Å². The second kappa shape index (κ2) is 5.04. The van der Waals surface area contributed by atoms with Gasteiger partial charge in [0, 0.05) is 12.6 Å². The van der Waals surface area contributed by atoms with Gasteiger partial charge in [0.1, 0.15) is 6.26 Å². The molecule has 1 aromatic rings. The minimum absolute atomic E-state index is 0.136. The third kappa shape index (κ3) is 3.20. The zero-order valence-electron chi connectivity index (χ0n) is 7.05. The molecule has 0 aliphatic heterocycles. The van der Waals surface area contributed by atoms with E-state index in [1.165, 1.54) is 6.26 Å². The lowest BCUT2D eigenvalue weighted by atomic mass is 10.3. The summed E-state index contributed by atoms with van der Waals surface area (Å²) in [4.78, 5) is 11.3. The predicted molar refractivity (Wildman–Crippen MR) is 52.4 cm³/mol. The number of nitrogens with one attached hydrogen (secondary N) is 1. The van der Waals surface area contributed by atoms with Gasteiger partial charge in [-0.15, -0.1) is 0 Å². The van der Waals surface area contributed by atoms with Crippen molar-refractivity contribution in [3.8, 4) is 0 Å². The number of rotatable bonds is 4. The Labute approximate surface area is 84.6 Å². The summed E-state index contributed by atoms with van der Waals surface area (Å²) >= 11 is 3.12. The predicted octanol–water partition coefficient (Wildman–Crippen LogP) is 1.12. The fourth-order valence-electron chi connectivity index (χ4n) is 0.835. The molecule has 0 aromatic carbocycles. The van der Waals surface area contributed by atoms with Gasteiger partial charge in [-0.3, -0.25) is 4.79 Å². The third-order valence-electron chi connectivity index (χ3n) is 1.50. The van der Waals surface area contributed by atoms with E-state index >= 15 is 0 Å². The van der Waals surface area contributed by atoms with Crippen LogP contribution in [0.2, 0.25) is 0 Å². The summed E-state index contributed by atoms with van der Waals surface area (Å²) in [6, 6.07) is 1.62. The van der Waals surface area contributed by atoms with Crippen LogP contribution in [0.5, 0.6) is 0 Å². The monoisotopic (exact) mass is 246 g/mol. The number of halogens is 1. The molecule has 1 aromatic heterocycles. The topological polar surface area (TPSA) is 68.3 Å². The molecule has 0 spiro atoms. The number of nitrogens with two attached hydrogens (primary N) is 1. The number of carbonyl (C=O) groups is 1. The molecule has 72 valence electrons. The van der Waals surface area contributed by atoms with Gasteiger partial charge < -0.3 is 15.5 Å². The Bertz CT molecular complexity index is 285. The largest absolute Gasteiger partial charge is 0.457 e. The first-order chi connectivity index (χ1) is 6.24. The Morgan fingerprint density at radius 1 is 1.69 bits per heavy atom. The van der Waals surface area contributed by atoms with Gasteiger partial charge in [0.25, 0.3) is 5.91 Å². The van der Waals surface area contributed by atoms with Gasteiger partial charge in [-0.1, -0.05) is 0 Å². The average Bonchev–Trinajstić information content (AvgIpc) is 2.52. The van der Waals surface area contributed by atoms with E-state index in [0.717, 1.165) is 6.42 Å². The zero-order chi connectivity index (χ0) is 9.68. The fourth-order valence-corrected chi connectivity index (χ4v) is 1.18. The molecule has 0 aliphatic carbocycles. The Morgan fingerprint density at radius 3 is 3.00 bits per heavy atom. The molecule has 0 saturated carbocycles. The van der Waals surface area contributed by atoms with Crippen LogP contribution in [0.25, 0.3) is 0 Å². The maximum Gasteiger partial charge on any atom is 0.254 e. The first kappa shape index (κ1) is 10.3. The summed E-state index contributed by atoms with van der Waals surface area (Å²) in [7, 11) is 0. The molecule has 0 unspecified atom stereocenters. The van der Waals surface area contributed by atoms with E-state index in [1.807, 2.05) is 0 Å². The minimum atomic E-state index is -0.136. The van der Waals surface area contributed by atoms with E-state index < -0.39 is 0 Å². The van der Waals surface area contributed by atoms with Gasteiger partial charge in [0.15, 0.2) is 4.67 Å². The van der Waals surface area contributed by atoms with Crippen molar-refractivity contribution < 1.29 is 9.21 Å². The van der Waals surface area contributed by atoms with Crippen molar-refractivity contribution in [2.45, 2.75) is 6.42 Å². The highest BCUT2D eigenvalue weighted by Crippen LogP contribution is 2.13. The van der Waals surface area contributed by atoms with Gasteiger partial charge in [-0.2, -0.15) is 0 Å². The summed E-state index contributed by atoms with van der Waals surface area (Å²) in [5, 5.41) is 2.71.